The molecule has 246 valence electrons. The van der Waals surface area contributed by atoms with Crippen LogP contribution in [0.3, 0.4) is 0 Å². The standard InChI is InChI=1S/C49H41NSi/c1-51(2,3)44-33-27-39(28-34-44)38-25-31-43(32-26-38)50(42-29-23-37(24-30-42)36-15-7-4-8-16-36)48-35-47(40-17-9-5-10-18-40)45-21-13-14-22-46(45)49(48)41-19-11-6-12-20-41/h4-35H,1-3H3. The molecule has 0 saturated heterocycles. The van der Waals surface area contributed by atoms with Gasteiger partial charge in [-0.05, 0) is 80.0 Å². The van der Waals surface area contributed by atoms with Gasteiger partial charge in [-0.15, -0.1) is 0 Å². The molecular formula is C49H41NSi. The third-order valence-electron chi connectivity index (χ3n) is 9.85. The van der Waals surface area contributed by atoms with Gasteiger partial charge in [-0.2, -0.15) is 0 Å². The van der Waals surface area contributed by atoms with Crippen molar-refractivity contribution in [3.8, 4) is 44.5 Å². The van der Waals surface area contributed by atoms with Gasteiger partial charge in [0, 0.05) is 16.9 Å². The lowest BCUT2D eigenvalue weighted by atomic mass is 9.89. The van der Waals surface area contributed by atoms with Crippen LogP contribution in [0, 0.1) is 0 Å². The molecule has 0 heterocycles. The summed E-state index contributed by atoms with van der Waals surface area (Å²) in [5, 5.41) is 3.94. The zero-order valence-electron chi connectivity index (χ0n) is 29.4. The van der Waals surface area contributed by atoms with Gasteiger partial charge < -0.3 is 4.90 Å². The van der Waals surface area contributed by atoms with Crippen LogP contribution in [-0.2, 0) is 0 Å². The van der Waals surface area contributed by atoms with Gasteiger partial charge in [0.15, 0.2) is 0 Å². The third-order valence-corrected chi connectivity index (χ3v) is 11.9. The Morgan fingerprint density at radius 2 is 0.745 bits per heavy atom. The minimum absolute atomic E-state index is 1.10. The Hall–Kier alpha value is -5.96. The van der Waals surface area contributed by atoms with Gasteiger partial charge in [-0.3, -0.25) is 0 Å². The maximum absolute atomic E-state index is 2.44. The lowest BCUT2D eigenvalue weighted by Gasteiger charge is -2.30. The molecule has 0 aromatic heterocycles. The zero-order chi connectivity index (χ0) is 34.8. The molecule has 0 fully saturated rings. The Kier molecular flexibility index (Phi) is 8.69. The molecule has 0 radical (unpaired) electrons. The molecule has 0 amide bonds. The third kappa shape index (κ3) is 6.55. The summed E-state index contributed by atoms with van der Waals surface area (Å²) >= 11 is 0. The first kappa shape index (κ1) is 32.3. The highest BCUT2D eigenvalue weighted by molar-refractivity contribution is 6.88. The second kappa shape index (κ2) is 13.7. The Morgan fingerprint density at radius 1 is 0.353 bits per heavy atom. The van der Waals surface area contributed by atoms with Crippen LogP contribution in [0.1, 0.15) is 0 Å². The smallest absolute Gasteiger partial charge is 0.0775 e. The number of fused-ring (bicyclic) bond motifs is 1. The molecule has 2 heteroatoms. The van der Waals surface area contributed by atoms with Crippen molar-refractivity contribution in [1.29, 1.82) is 0 Å². The average Bonchev–Trinajstić information content (AvgIpc) is 3.19. The average molecular weight is 672 g/mol. The van der Waals surface area contributed by atoms with Crippen LogP contribution in [0.2, 0.25) is 19.6 Å². The van der Waals surface area contributed by atoms with Crippen molar-refractivity contribution < 1.29 is 0 Å². The van der Waals surface area contributed by atoms with Crippen LogP contribution in [0.5, 0.6) is 0 Å². The van der Waals surface area contributed by atoms with E-state index in [9.17, 15) is 0 Å². The predicted molar refractivity (Wildman–Crippen MR) is 223 cm³/mol. The van der Waals surface area contributed by atoms with Crippen molar-refractivity contribution in [2.45, 2.75) is 19.6 Å². The van der Waals surface area contributed by atoms with Gasteiger partial charge in [0.1, 0.15) is 0 Å². The van der Waals surface area contributed by atoms with Gasteiger partial charge in [-0.25, -0.2) is 0 Å². The summed E-state index contributed by atoms with van der Waals surface area (Å²) in [4.78, 5) is 2.44. The molecule has 1 nitrogen and oxygen atoms in total. The fourth-order valence-electron chi connectivity index (χ4n) is 7.13. The van der Waals surface area contributed by atoms with E-state index in [1.165, 1.54) is 60.5 Å². The predicted octanol–water partition coefficient (Wildman–Crippen LogP) is 13.5. The van der Waals surface area contributed by atoms with E-state index in [4.69, 9.17) is 0 Å². The summed E-state index contributed by atoms with van der Waals surface area (Å²) in [5.74, 6) is 0. The summed E-state index contributed by atoms with van der Waals surface area (Å²) in [6.45, 7) is 7.20. The molecule has 0 bridgehead atoms. The summed E-state index contributed by atoms with van der Waals surface area (Å²) in [5.41, 5.74) is 13.0. The molecule has 0 spiro atoms. The van der Waals surface area contributed by atoms with Gasteiger partial charge >= 0.3 is 0 Å². The van der Waals surface area contributed by atoms with Crippen molar-refractivity contribution in [1.82, 2.24) is 0 Å². The van der Waals surface area contributed by atoms with E-state index >= 15 is 0 Å². The van der Waals surface area contributed by atoms with Crippen molar-refractivity contribution in [3.05, 3.63) is 194 Å². The normalized spacial score (nSPS) is 11.4. The lowest BCUT2D eigenvalue weighted by molar-refractivity contribution is 1.29. The van der Waals surface area contributed by atoms with Crippen molar-refractivity contribution >= 4 is 41.1 Å². The highest BCUT2D eigenvalue weighted by Crippen LogP contribution is 2.48. The largest absolute Gasteiger partial charge is 0.310 e. The first-order valence-electron chi connectivity index (χ1n) is 17.8. The minimum atomic E-state index is -1.37. The van der Waals surface area contributed by atoms with E-state index in [0.717, 1.165) is 17.1 Å². The monoisotopic (exact) mass is 671 g/mol. The van der Waals surface area contributed by atoms with Crippen LogP contribution < -0.4 is 10.1 Å². The number of hydrogen-bond acceptors (Lipinski definition) is 1. The number of hydrogen-bond donors (Lipinski definition) is 0. The van der Waals surface area contributed by atoms with E-state index in [2.05, 4.69) is 219 Å². The van der Waals surface area contributed by atoms with Gasteiger partial charge in [-0.1, -0.05) is 189 Å². The Balaban J connectivity index is 1.35. The zero-order valence-corrected chi connectivity index (χ0v) is 30.4. The number of nitrogens with zero attached hydrogens (tertiary/aromatic N) is 1. The number of rotatable bonds is 8. The van der Waals surface area contributed by atoms with Crippen molar-refractivity contribution in [2.75, 3.05) is 4.90 Å². The lowest BCUT2D eigenvalue weighted by Crippen LogP contribution is -2.37. The van der Waals surface area contributed by atoms with E-state index < -0.39 is 8.07 Å². The molecule has 0 aliphatic rings. The van der Waals surface area contributed by atoms with Crippen LogP contribution in [-0.4, -0.2) is 8.07 Å². The van der Waals surface area contributed by atoms with Crippen LogP contribution >= 0.6 is 0 Å². The first-order chi connectivity index (χ1) is 24.9. The molecule has 0 saturated carbocycles. The molecule has 0 unspecified atom stereocenters. The number of anilines is 3. The molecule has 0 N–H and O–H groups in total. The van der Waals surface area contributed by atoms with Gasteiger partial charge in [0.05, 0.1) is 13.8 Å². The molecule has 0 atom stereocenters. The summed E-state index contributed by atoms with van der Waals surface area (Å²) in [6.07, 6.45) is 0. The van der Waals surface area contributed by atoms with Gasteiger partial charge in [0.2, 0.25) is 0 Å². The van der Waals surface area contributed by atoms with Crippen LogP contribution in [0.15, 0.2) is 194 Å². The molecule has 51 heavy (non-hydrogen) atoms. The summed E-state index contributed by atoms with van der Waals surface area (Å²) in [6, 6.07) is 70.8. The molecule has 0 aliphatic heterocycles. The Morgan fingerprint density at radius 3 is 1.24 bits per heavy atom. The molecule has 0 aliphatic carbocycles. The van der Waals surface area contributed by atoms with Crippen LogP contribution in [0.4, 0.5) is 17.1 Å². The second-order valence-corrected chi connectivity index (χ2v) is 19.3. The molecule has 8 aromatic carbocycles. The minimum Gasteiger partial charge on any atom is -0.310 e. The van der Waals surface area contributed by atoms with Crippen molar-refractivity contribution in [3.63, 3.8) is 0 Å². The van der Waals surface area contributed by atoms with E-state index in [0.29, 0.717) is 0 Å². The van der Waals surface area contributed by atoms with Crippen molar-refractivity contribution in [2.24, 2.45) is 0 Å². The van der Waals surface area contributed by atoms with E-state index in [-0.39, 0.29) is 0 Å². The fraction of sp³-hybridized carbons (Fsp3) is 0.0612. The van der Waals surface area contributed by atoms with Crippen LogP contribution in [0.25, 0.3) is 55.3 Å². The second-order valence-electron chi connectivity index (χ2n) is 14.2. The molecule has 8 rings (SSSR count). The fourth-order valence-corrected chi connectivity index (χ4v) is 8.29. The first-order valence-corrected chi connectivity index (χ1v) is 21.3. The summed E-state index contributed by atoms with van der Waals surface area (Å²) < 4.78 is 0. The highest BCUT2D eigenvalue weighted by Gasteiger charge is 2.22. The SMILES string of the molecule is C[Si](C)(C)c1ccc(-c2ccc(N(c3ccc(-c4ccccc4)cc3)c3cc(-c4ccccc4)c4ccccc4c3-c3ccccc3)cc2)cc1. The topological polar surface area (TPSA) is 3.24 Å². The Bertz CT molecular complexity index is 2390. The van der Waals surface area contributed by atoms with Gasteiger partial charge in [0.25, 0.3) is 0 Å². The molecular weight excluding hydrogens is 631 g/mol. The van der Waals surface area contributed by atoms with E-state index in [1.54, 1.807) is 0 Å². The highest BCUT2D eigenvalue weighted by atomic mass is 28.3. The summed E-state index contributed by atoms with van der Waals surface area (Å²) in [7, 11) is -1.37. The van der Waals surface area contributed by atoms with E-state index in [1.807, 2.05) is 0 Å². The number of benzene rings is 8. The maximum Gasteiger partial charge on any atom is 0.0775 e. The Labute approximate surface area is 303 Å². The molecule has 8 aromatic rings. The maximum atomic E-state index is 2.44. The quantitative estimate of drug-likeness (QED) is 0.145.